The van der Waals surface area contributed by atoms with Crippen LogP contribution in [-0.2, 0) is 27.2 Å². The van der Waals surface area contributed by atoms with Crippen LogP contribution >= 0.6 is 0 Å². The van der Waals surface area contributed by atoms with Crippen molar-refractivity contribution in [2.75, 3.05) is 9.80 Å². The summed E-state index contributed by atoms with van der Waals surface area (Å²) in [6.07, 6.45) is 4.43. The number of carboxylic acid groups (broad SMARTS) is 1. The van der Waals surface area contributed by atoms with Crippen LogP contribution in [0.15, 0.2) is 48.8 Å². The molecule has 1 N–H and O–H groups in total. The first-order chi connectivity index (χ1) is 15.5. The molecule has 1 aliphatic rings. The summed E-state index contributed by atoms with van der Waals surface area (Å²) >= 11 is 0. The van der Waals surface area contributed by atoms with Gasteiger partial charge < -0.3 is 14.9 Å². The summed E-state index contributed by atoms with van der Waals surface area (Å²) in [5.74, 6) is 1.09. The van der Waals surface area contributed by atoms with E-state index < -0.39 is 5.97 Å². The molecule has 5 heteroatoms. The number of rotatable bonds is 6. The average molecular weight is 647 g/mol. The van der Waals surface area contributed by atoms with E-state index in [1.807, 2.05) is 0 Å². The zero-order valence-corrected chi connectivity index (χ0v) is 24.2. The molecule has 0 radical (unpaired) electrons. The summed E-state index contributed by atoms with van der Waals surface area (Å²) in [5, 5.41) is 7.42. The minimum Gasteiger partial charge on any atom is -0.481 e. The molecule has 2 aromatic rings. The summed E-state index contributed by atoms with van der Waals surface area (Å²) in [5.41, 5.74) is 8.29. The van der Waals surface area contributed by atoms with Crippen LogP contribution in [0.2, 0.25) is 0 Å². The Labute approximate surface area is 222 Å². The zero-order valence-electron chi connectivity index (χ0n) is 22.1. The van der Waals surface area contributed by atoms with Gasteiger partial charge in [0, 0.05) is 18.3 Å². The van der Waals surface area contributed by atoms with Crippen LogP contribution in [0.25, 0.3) is 0 Å². The van der Waals surface area contributed by atoms with Gasteiger partial charge in [0.1, 0.15) is 0 Å². The van der Waals surface area contributed by atoms with E-state index in [1.165, 1.54) is 33.6 Å². The van der Waals surface area contributed by atoms with E-state index in [9.17, 15) is 0 Å². The maximum absolute atomic E-state index is 9.00. The molecule has 0 saturated heterocycles. The molecule has 3 rings (SSSR count). The Morgan fingerprint density at radius 3 is 1.12 bits per heavy atom. The first-order valence-electron chi connectivity index (χ1n) is 12.0. The number of aliphatic carboxylic acids is 1. The summed E-state index contributed by atoms with van der Waals surface area (Å²) < 4.78 is 0. The van der Waals surface area contributed by atoms with E-state index in [0.29, 0.717) is 23.7 Å². The predicted octanol–water partition coefficient (Wildman–Crippen LogP) is 8.19. The van der Waals surface area contributed by atoms with Gasteiger partial charge >= 0.3 is 22.4 Å². The molecule has 0 aromatic heterocycles. The molecule has 0 spiro atoms. The van der Waals surface area contributed by atoms with Crippen LogP contribution in [0.3, 0.4) is 0 Å². The number of benzene rings is 2. The molecular weight excluding hydrogens is 605 g/mol. The maximum Gasteiger partial charge on any atom is 1.00 e. The smallest absolute Gasteiger partial charge is 0.481 e. The van der Waals surface area contributed by atoms with Gasteiger partial charge in [-0.3, -0.25) is 4.79 Å². The fourth-order valence-electron chi connectivity index (χ4n) is 4.24. The van der Waals surface area contributed by atoms with Crippen LogP contribution in [0.5, 0.6) is 0 Å². The summed E-state index contributed by atoms with van der Waals surface area (Å²) in [6, 6.07) is 13.5. The normalized spacial score (nSPS) is 13.0. The number of hydrogen-bond acceptors (Lipinski definition) is 3. The molecule has 0 saturated carbocycles. The van der Waals surface area contributed by atoms with Crippen LogP contribution in [0.4, 0.5) is 11.4 Å². The van der Waals surface area contributed by atoms with Gasteiger partial charge in [-0.1, -0.05) is 91.8 Å². The Bertz CT molecular complexity index is 852. The van der Waals surface area contributed by atoms with Crippen molar-refractivity contribution in [1.82, 2.24) is 0 Å². The van der Waals surface area contributed by atoms with E-state index in [2.05, 4.69) is 121 Å². The van der Waals surface area contributed by atoms with Crippen molar-refractivity contribution in [3.63, 3.8) is 0 Å². The number of carboxylic acids is 1. The Kier molecular flexibility index (Phi) is 11.6. The number of hydrogen-bond donors (Lipinski definition) is 1. The van der Waals surface area contributed by atoms with Gasteiger partial charge in [-0.15, -0.1) is 6.67 Å². The third-order valence-electron chi connectivity index (χ3n) is 5.84. The molecular formula is C29H41AuN2O2. The van der Waals surface area contributed by atoms with Gasteiger partial charge in [-0.05, 0) is 58.3 Å². The summed E-state index contributed by atoms with van der Waals surface area (Å²) in [6.45, 7) is 21.6. The van der Waals surface area contributed by atoms with Crippen molar-refractivity contribution >= 4 is 17.3 Å². The van der Waals surface area contributed by atoms with Gasteiger partial charge in [0.25, 0.3) is 5.97 Å². The SMILES string of the molecule is CC(=O)O.CC(C)c1cccc(C(C)C)c1N1C=CN(c2c(C(C)C)cccc2C(C)C)[CH-]1.[Au+]. The molecule has 4 nitrogen and oxygen atoms in total. The van der Waals surface area contributed by atoms with Crippen molar-refractivity contribution in [2.24, 2.45) is 0 Å². The van der Waals surface area contributed by atoms with E-state index >= 15 is 0 Å². The first-order valence-corrected chi connectivity index (χ1v) is 12.0. The Morgan fingerprint density at radius 2 is 0.912 bits per heavy atom. The van der Waals surface area contributed by atoms with Gasteiger partial charge in [-0.2, -0.15) is 0 Å². The number of nitrogens with zero attached hydrogens (tertiary/aromatic N) is 2. The van der Waals surface area contributed by atoms with Crippen molar-refractivity contribution in [3.8, 4) is 0 Å². The molecule has 0 fully saturated rings. The quantitative estimate of drug-likeness (QED) is 0.254. The molecule has 2 aromatic carbocycles. The van der Waals surface area contributed by atoms with Gasteiger partial charge in [0.2, 0.25) is 0 Å². The topological polar surface area (TPSA) is 43.8 Å². The first kappa shape index (κ1) is 30.0. The average Bonchev–Trinajstić information content (AvgIpc) is 3.21. The van der Waals surface area contributed by atoms with E-state index in [-0.39, 0.29) is 22.4 Å². The number of anilines is 2. The van der Waals surface area contributed by atoms with Crippen LogP contribution < -0.4 is 9.80 Å². The largest absolute Gasteiger partial charge is 1.00 e. The van der Waals surface area contributed by atoms with Crippen molar-refractivity contribution in [1.29, 1.82) is 0 Å². The number of carbonyl (C=O) groups is 1. The van der Waals surface area contributed by atoms with Gasteiger partial charge in [0.05, 0.1) is 0 Å². The zero-order chi connectivity index (χ0) is 24.9. The van der Waals surface area contributed by atoms with Gasteiger partial charge in [0.15, 0.2) is 0 Å². The van der Waals surface area contributed by atoms with E-state index in [0.717, 1.165) is 6.92 Å². The fraction of sp³-hybridized carbons (Fsp3) is 0.448. The van der Waals surface area contributed by atoms with E-state index in [1.54, 1.807) is 0 Å². The molecule has 0 bridgehead atoms. The number of para-hydroxylation sites is 2. The Morgan fingerprint density at radius 1 is 0.676 bits per heavy atom. The monoisotopic (exact) mass is 646 g/mol. The fourth-order valence-corrected chi connectivity index (χ4v) is 4.24. The molecule has 190 valence electrons. The second-order valence-electron chi connectivity index (χ2n) is 9.94. The molecule has 0 aliphatic carbocycles. The predicted molar refractivity (Wildman–Crippen MR) is 141 cm³/mol. The third kappa shape index (κ3) is 7.24. The second kappa shape index (κ2) is 13.2. The van der Waals surface area contributed by atoms with Gasteiger partial charge in [-0.25, -0.2) is 0 Å². The molecule has 0 unspecified atom stereocenters. The van der Waals surface area contributed by atoms with Crippen LogP contribution in [-0.4, -0.2) is 11.1 Å². The molecule has 1 heterocycles. The third-order valence-corrected chi connectivity index (χ3v) is 5.84. The van der Waals surface area contributed by atoms with Crippen LogP contribution in [0.1, 0.15) is 108 Å². The Balaban J connectivity index is 0.00000107. The van der Waals surface area contributed by atoms with Crippen molar-refractivity contribution < 1.29 is 32.3 Å². The standard InChI is InChI=1S/C27H37N2.C2H4O2.Au/c1-18(2)22-11-9-12-23(19(3)4)26(22)28-15-16-29(17-28)27-24(20(5)6)13-10-14-25(27)21(7)8;1-2(3)4;/h9-21H,1-8H3;1H3,(H,3,4);/q-1;;+1. The molecule has 34 heavy (non-hydrogen) atoms. The van der Waals surface area contributed by atoms with Crippen molar-refractivity contribution in [3.05, 3.63) is 77.7 Å². The second-order valence-corrected chi connectivity index (χ2v) is 9.94. The molecule has 0 atom stereocenters. The molecule has 0 amide bonds. The maximum atomic E-state index is 9.00. The summed E-state index contributed by atoms with van der Waals surface area (Å²) in [4.78, 5) is 13.7. The minimum absolute atomic E-state index is 0. The Hall–Kier alpha value is -2.01. The molecule has 1 aliphatic heterocycles. The van der Waals surface area contributed by atoms with Crippen molar-refractivity contribution in [2.45, 2.75) is 86.0 Å². The summed E-state index contributed by atoms with van der Waals surface area (Å²) in [7, 11) is 0. The van der Waals surface area contributed by atoms with E-state index in [4.69, 9.17) is 9.90 Å². The van der Waals surface area contributed by atoms with Crippen LogP contribution in [0, 0.1) is 6.67 Å². The minimum atomic E-state index is -0.833.